The normalized spacial score (nSPS) is 21.7. The van der Waals surface area contributed by atoms with Crippen LogP contribution in [0.5, 0.6) is 0 Å². The van der Waals surface area contributed by atoms with E-state index in [-0.39, 0.29) is 22.6 Å². The summed E-state index contributed by atoms with van der Waals surface area (Å²) in [4.78, 5) is 18.7. The summed E-state index contributed by atoms with van der Waals surface area (Å²) >= 11 is 1.14. The fraction of sp³-hybridized carbons (Fsp3) is 0.588. The number of rotatable bonds is 4. The van der Waals surface area contributed by atoms with Gasteiger partial charge in [-0.1, -0.05) is 5.16 Å². The van der Waals surface area contributed by atoms with Gasteiger partial charge >= 0.3 is 0 Å². The number of aromatic nitrogens is 2. The summed E-state index contributed by atoms with van der Waals surface area (Å²) in [6.45, 7) is 3.97. The third-order valence-electron chi connectivity index (χ3n) is 5.11. The molecule has 0 aliphatic carbocycles. The van der Waals surface area contributed by atoms with Crippen LogP contribution >= 0.6 is 11.3 Å². The summed E-state index contributed by atoms with van der Waals surface area (Å²) in [7, 11) is -3.64. The lowest BCUT2D eigenvalue weighted by Gasteiger charge is -2.32. The van der Waals surface area contributed by atoms with Crippen molar-refractivity contribution in [1.29, 1.82) is 0 Å². The standard InChI is InChI=1S/C17H22N4O4S2/c1-12-18-16(19-25-12)14-9-15(26-11-14)27(23,24)21-8-4-5-13(10-21)17(22)20-6-2-3-7-20/h9,11,13H,2-8,10H2,1H3/t13-/m0/s1. The number of piperidine rings is 1. The Morgan fingerprint density at radius 1 is 1.26 bits per heavy atom. The molecule has 1 amide bonds. The molecule has 4 heterocycles. The Morgan fingerprint density at radius 2 is 2.04 bits per heavy atom. The molecule has 0 N–H and O–H groups in total. The zero-order valence-electron chi connectivity index (χ0n) is 15.1. The van der Waals surface area contributed by atoms with Gasteiger partial charge in [0.25, 0.3) is 10.0 Å². The molecule has 0 unspecified atom stereocenters. The number of nitrogens with zero attached hydrogens (tertiary/aromatic N) is 4. The van der Waals surface area contributed by atoms with E-state index in [1.807, 2.05) is 4.90 Å². The summed E-state index contributed by atoms with van der Waals surface area (Å²) in [5.74, 6) is 0.665. The van der Waals surface area contributed by atoms with Crippen molar-refractivity contribution in [3.05, 3.63) is 17.3 Å². The van der Waals surface area contributed by atoms with E-state index >= 15 is 0 Å². The summed E-state index contributed by atoms with van der Waals surface area (Å²) in [6, 6.07) is 1.58. The first-order valence-electron chi connectivity index (χ1n) is 9.13. The van der Waals surface area contributed by atoms with Crippen molar-refractivity contribution in [2.24, 2.45) is 5.92 Å². The molecule has 2 fully saturated rings. The van der Waals surface area contributed by atoms with E-state index in [4.69, 9.17) is 4.52 Å². The van der Waals surface area contributed by atoms with Gasteiger partial charge in [0.1, 0.15) is 4.21 Å². The minimum absolute atomic E-state index is 0.0986. The molecule has 0 spiro atoms. The van der Waals surface area contributed by atoms with Crippen LogP contribution in [0, 0.1) is 12.8 Å². The van der Waals surface area contributed by atoms with Gasteiger partial charge in [0, 0.05) is 44.0 Å². The minimum Gasteiger partial charge on any atom is -0.342 e. The molecule has 0 saturated carbocycles. The first kappa shape index (κ1) is 18.6. The van der Waals surface area contributed by atoms with Crippen molar-refractivity contribution in [3.8, 4) is 11.4 Å². The van der Waals surface area contributed by atoms with E-state index in [9.17, 15) is 13.2 Å². The molecule has 2 aromatic rings. The molecule has 8 nitrogen and oxygen atoms in total. The molecule has 4 rings (SSSR count). The van der Waals surface area contributed by atoms with Gasteiger partial charge in [0.2, 0.25) is 17.6 Å². The van der Waals surface area contributed by atoms with Crippen molar-refractivity contribution in [2.45, 2.75) is 36.8 Å². The Balaban J connectivity index is 1.51. The van der Waals surface area contributed by atoms with E-state index in [1.54, 1.807) is 18.4 Å². The second-order valence-corrected chi connectivity index (χ2v) is 10.1. The van der Waals surface area contributed by atoms with Gasteiger partial charge in [-0.05, 0) is 31.7 Å². The van der Waals surface area contributed by atoms with Gasteiger partial charge in [-0.15, -0.1) is 11.3 Å². The molecule has 2 aliphatic rings. The largest absolute Gasteiger partial charge is 0.342 e. The number of carbonyl (C=O) groups excluding carboxylic acids is 1. The monoisotopic (exact) mass is 410 g/mol. The van der Waals surface area contributed by atoms with Crippen molar-refractivity contribution >= 4 is 27.3 Å². The maximum Gasteiger partial charge on any atom is 0.252 e. The number of aryl methyl sites for hydroxylation is 1. The minimum atomic E-state index is -3.64. The molecule has 10 heteroatoms. The van der Waals surface area contributed by atoms with E-state index in [2.05, 4.69) is 10.1 Å². The molecule has 0 radical (unpaired) electrons. The molecule has 0 bridgehead atoms. The van der Waals surface area contributed by atoms with E-state index in [0.29, 0.717) is 30.2 Å². The lowest BCUT2D eigenvalue weighted by atomic mass is 9.98. The predicted octanol–water partition coefficient (Wildman–Crippen LogP) is 2.13. The predicted molar refractivity (Wildman–Crippen MR) is 99.6 cm³/mol. The summed E-state index contributed by atoms with van der Waals surface area (Å²) in [6.07, 6.45) is 3.52. The molecular formula is C17H22N4O4S2. The first-order valence-corrected chi connectivity index (χ1v) is 11.5. The fourth-order valence-electron chi connectivity index (χ4n) is 3.67. The maximum absolute atomic E-state index is 13.1. The van der Waals surface area contributed by atoms with Gasteiger partial charge in [0.05, 0.1) is 5.92 Å². The summed E-state index contributed by atoms with van der Waals surface area (Å²) in [5, 5.41) is 5.55. The highest BCUT2D eigenvalue weighted by atomic mass is 32.2. The molecule has 0 aromatic carbocycles. The van der Waals surface area contributed by atoms with Crippen molar-refractivity contribution in [2.75, 3.05) is 26.2 Å². The molecule has 146 valence electrons. The smallest absolute Gasteiger partial charge is 0.252 e. The molecule has 2 aliphatic heterocycles. The highest BCUT2D eigenvalue weighted by Gasteiger charge is 2.36. The molecular weight excluding hydrogens is 388 g/mol. The van der Waals surface area contributed by atoms with Gasteiger partial charge in [-0.2, -0.15) is 9.29 Å². The van der Waals surface area contributed by atoms with Crippen LogP contribution < -0.4 is 0 Å². The third-order valence-corrected chi connectivity index (χ3v) is 8.39. The SMILES string of the molecule is Cc1nc(-c2csc(S(=O)(=O)N3CCC[C@H](C(=O)N4CCCC4)C3)c2)no1. The number of hydrogen-bond donors (Lipinski definition) is 0. The number of likely N-dealkylation sites (tertiary alicyclic amines) is 1. The van der Waals surface area contributed by atoms with Crippen LogP contribution in [0.1, 0.15) is 31.6 Å². The summed E-state index contributed by atoms with van der Waals surface area (Å²) in [5.41, 5.74) is 0.622. The zero-order chi connectivity index (χ0) is 19.0. The number of amides is 1. The van der Waals surface area contributed by atoms with Crippen LogP contribution in [0.4, 0.5) is 0 Å². The van der Waals surface area contributed by atoms with Gasteiger partial charge in [0.15, 0.2) is 0 Å². The van der Waals surface area contributed by atoms with E-state index in [1.165, 1.54) is 4.31 Å². The highest BCUT2D eigenvalue weighted by molar-refractivity contribution is 7.91. The van der Waals surface area contributed by atoms with Gasteiger partial charge in [-0.3, -0.25) is 4.79 Å². The Hall–Kier alpha value is -1.78. The topological polar surface area (TPSA) is 96.6 Å². The summed E-state index contributed by atoms with van der Waals surface area (Å²) < 4.78 is 32.8. The molecule has 1 atom stereocenters. The average Bonchev–Trinajstić information content (AvgIpc) is 3.42. The highest BCUT2D eigenvalue weighted by Crippen LogP contribution is 2.31. The van der Waals surface area contributed by atoms with Crippen LogP contribution in [-0.4, -0.2) is 59.8 Å². The fourth-order valence-corrected chi connectivity index (χ4v) is 6.51. The Labute approximate surface area is 162 Å². The second kappa shape index (κ2) is 7.33. The Morgan fingerprint density at radius 3 is 2.74 bits per heavy atom. The van der Waals surface area contributed by atoms with Gasteiger partial charge in [-0.25, -0.2) is 8.42 Å². The van der Waals surface area contributed by atoms with Gasteiger partial charge < -0.3 is 9.42 Å². The second-order valence-electron chi connectivity index (χ2n) is 7.03. The molecule has 27 heavy (non-hydrogen) atoms. The third kappa shape index (κ3) is 3.65. The van der Waals surface area contributed by atoms with E-state index < -0.39 is 10.0 Å². The Kier molecular flexibility index (Phi) is 5.04. The molecule has 2 saturated heterocycles. The average molecular weight is 411 g/mol. The van der Waals surface area contributed by atoms with Crippen LogP contribution in [-0.2, 0) is 14.8 Å². The van der Waals surface area contributed by atoms with E-state index in [0.717, 1.165) is 43.7 Å². The number of carbonyl (C=O) groups is 1. The van der Waals surface area contributed by atoms with Crippen molar-refractivity contribution in [1.82, 2.24) is 19.3 Å². The Bertz CT molecular complexity index is 930. The number of thiophene rings is 1. The number of hydrogen-bond acceptors (Lipinski definition) is 7. The van der Waals surface area contributed by atoms with Crippen molar-refractivity contribution < 1.29 is 17.7 Å². The van der Waals surface area contributed by atoms with Crippen LogP contribution in [0.3, 0.4) is 0 Å². The van der Waals surface area contributed by atoms with Crippen LogP contribution in [0.25, 0.3) is 11.4 Å². The van der Waals surface area contributed by atoms with Crippen LogP contribution in [0.15, 0.2) is 20.2 Å². The van der Waals surface area contributed by atoms with Crippen molar-refractivity contribution in [3.63, 3.8) is 0 Å². The quantitative estimate of drug-likeness (QED) is 0.766. The maximum atomic E-state index is 13.1. The lowest BCUT2D eigenvalue weighted by molar-refractivity contribution is -0.135. The zero-order valence-corrected chi connectivity index (χ0v) is 16.8. The van der Waals surface area contributed by atoms with Crippen LogP contribution in [0.2, 0.25) is 0 Å². The lowest BCUT2D eigenvalue weighted by Crippen LogP contribution is -2.45. The first-order chi connectivity index (χ1) is 12.9. The molecule has 2 aromatic heterocycles. The number of sulfonamides is 1.